The Kier molecular flexibility index (Phi) is 6.87. The highest BCUT2D eigenvalue weighted by Gasteiger charge is 2.24. The van der Waals surface area contributed by atoms with Gasteiger partial charge in [-0.2, -0.15) is 0 Å². The standard InChI is InChI=1S/C25H24N4OS2/c1-16-13-14-18(3)21(15-16)26-23(30)22(19-10-5-4-6-11-19)31-25-29-28-24(32-25)27-20-12-8-7-9-17(20)2/h4-15,22H,1-3H3,(H,26,30)(H,27,28)/t22-/m1/s1. The number of thioether (sulfide) groups is 1. The summed E-state index contributed by atoms with van der Waals surface area (Å²) in [5, 5.41) is 15.3. The van der Waals surface area contributed by atoms with Crippen LogP contribution in [0.15, 0.2) is 77.1 Å². The second-order valence-electron chi connectivity index (χ2n) is 7.53. The first-order valence-corrected chi connectivity index (χ1v) is 11.9. The summed E-state index contributed by atoms with van der Waals surface area (Å²) >= 11 is 2.85. The van der Waals surface area contributed by atoms with Crippen molar-refractivity contribution in [3.8, 4) is 0 Å². The number of nitrogens with zero attached hydrogens (tertiary/aromatic N) is 2. The first kappa shape index (κ1) is 22.0. The summed E-state index contributed by atoms with van der Waals surface area (Å²) in [4.78, 5) is 13.3. The molecule has 0 radical (unpaired) electrons. The largest absolute Gasteiger partial charge is 0.330 e. The predicted octanol–water partition coefficient (Wildman–Crippen LogP) is 6.68. The number of rotatable bonds is 7. The number of aromatic nitrogens is 2. The van der Waals surface area contributed by atoms with Crippen LogP contribution in [-0.4, -0.2) is 16.1 Å². The lowest BCUT2D eigenvalue weighted by Gasteiger charge is -2.17. The van der Waals surface area contributed by atoms with Crippen molar-refractivity contribution >= 4 is 45.5 Å². The molecule has 1 atom stereocenters. The van der Waals surface area contributed by atoms with E-state index in [1.165, 1.54) is 23.1 Å². The fraction of sp³-hybridized carbons (Fsp3) is 0.160. The molecule has 1 amide bonds. The van der Waals surface area contributed by atoms with Gasteiger partial charge in [0.15, 0.2) is 4.34 Å². The molecule has 4 aromatic rings. The molecule has 0 aliphatic heterocycles. The number of benzene rings is 3. The van der Waals surface area contributed by atoms with E-state index in [-0.39, 0.29) is 5.91 Å². The number of nitrogens with one attached hydrogen (secondary N) is 2. The molecule has 162 valence electrons. The Bertz CT molecular complexity index is 1220. The Morgan fingerprint density at radius 2 is 1.59 bits per heavy atom. The van der Waals surface area contributed by atoms with Crippen molar-refractivity contribution in [3.63, 3.8) is 0 Å². The molecule has 0 fully saturated rings. The summed E-state index contributed by atoms with van der Waals surface area (Å²) < 4.78 is 0.728. The van der Waals surface area contributed by atoms with Gasteiger partial charge in [0.25, 0.3) is 0 Å². The van der Waals surface area contributed by atoms with E-state index in [0.717, 1.165) is 38.0 Å². The molecule has 0 aliphatic carbocycles. The van der Waals surface area contributed by atoms with Crippen molar-refractivity contribution in [2.45, 2.75) is 30.4 Å². The van der Waals surface area contributed by atoms with Crippen LogP contribution in [0.3, 0.4) is 0 Å². The lowest BCUT2D eigenvalue weighted by Crippen LogP contribution is -2.19. The number of amides is 1. The van der Waals surface area contributed by atoms with Gasteiger partial charge in [0.1, 0.15) is 5.25 Å². The first-order valence-electron chi connectivity index (χ1n) is 10.3. The topological polar surface area (TPSA) is 66.9 Å². The fourth-order valence-corrected chi connectivity index (χ4v) is 5.16. The Hall–Kier alpha value is -3.16. The number of carbonyl (C=O) groups excluding carboxylic acids is 1. The highest BCUT2D eigenvalue weighted by molar-refractivity contribution is 8.02. The zero-order valence-electron chi connectivity index (χ0n) is 18.1. The second kappa shape index (κ2) is 9.97. The van der Waals surface area contributed by atoms with E-state index in [4.69, 9.17) is 0 Å². The highest BCUT2D eigenvalue weighted by atomic mass is 32.2. The van der Waals surface area contributed by atoms with Gasteiger partial charge in [0.2, 0.25) is 11.0 Å². The molecule has 1 heterocycles. The fourth-order valence-electron chi connectivity index (χ4n) is 3.21. The van der Waals surface area contributed by atoms with E-state index >= 15 is 0 Å². The van der Waals surface area contributed by atoms with Crippen LogP contribution in [0.5, 0.6) is 0 Å². The van der Waals surface area contributed by atoms with Crippen LogP contribution >= 0.6 is 23.1 Å². The Labute approximate surface area is 196 Å². The van der Waals surface area contributed by atoms with Crippen molar-refractivity contribution < 1.29 is 4.79 Å². The summed E-state index contributed by atoms with van der Waals surface area (Å²) in [7, 11) is 0. The van der Waals surface area contributed by atoms with Crippen LogP contribution in [0.2, 0.25) is 0 Å². The van der Waals surface area contributed by atoms with Gasteiger partial charge < -0.3 is 10.6 Å². The zero-order chi connectivity index (χ0) is 22.5. The minimum atomic E-state index is -0.449. The number of para-hydroxylation sites is 1. The smallest absolute Gasteiger partial charge is 0.242 e. The van der Waals surface area contributed by atoms with Crippen molar-refractivity contribution in [1.29, 1.82) is 0 Å². The molecule has 7 heteroatoms. The second-order valence-corrected chi connectivity index (χ2v) is 9.86. The maximum absolute atomic E-state index is 13.3. The number of hydrogen-bond acceptors (Lipinski definition) is 6. The lowest BCUT2D eigenvalue weighted by atomic mass is 10.1. The number of hydrogen-bond donors (Lipinski definition) is 2. The van der Waals surface area contributed by atoms with Gasteiger partial charge in [0.05, 0.1) is 0 Å². The summed E-state index contributed by atoms with van der Waals surface area (Å²) in [6.45, 7) is 6.05. The van der Waals surface area contributed by atoms with Crippen LogP contribution in [0.1, 0.15) is 27.5 Å². The molecule has 0 unspecified atom stereocenters. The van der Waals surface area contributed by atoms with Crippen LogP contribution in [0, 0.1) is 20.8 Å². The van der Waals surface area contributed by atoms with Gasteiger partial charge in [-0.3, -0.25) is 4.79 Å². The molecular formula is C25H24N4OS2. The molecule has 32 heavy (non-hydrogen) atoms. The van der Waals surface area contributed by atoms with Gasteiger partial charge in [-0.05, 0) is 55.2 Å². The molecule has 5 nitrogen and oxygen atoms in total. The minimum Gasteiger partial charge on any atom is -0.330 e. The summed E-state index contributed by atoms with van der Waals surface area (Å²) in [5.74, 6) is -0.0847. The molecular weight excluding hydrogens is 436 g/mol. The monoisotopic (exact) mass is 460 g/mol. The van der Waals surface area contributed by atoms with Gasteiger partial charge in [-0.15, -0.1) is 10.2 Å². The van der Waals surface area contributed by atoms with Gasteiger partial charge in [-0.25, -0.2) is 0 Å². The average Bonchev–Trinajstić information content (AvgIpc) is 3.24. The van der Waals surface area contributed by atoms with Crippen molar-refractivity contribution in [3.05, 3.63) is 95.1 Å². The van der Waals surface area contributed by atoms with Gasteiger partial charge >= 0.3 is 0 Å². The molecule has 4 rings (SSSR count). The molecule has 3 aromatic carbocycles. The van der Waals surface area contributed by atoms with Crippen LogP contribution in [0.25, 0.3) is 0 Å². The molecule has 2 N–H and O–H groups in total. The van der Waals surface area contributed by atoms with E-state index in [1.807, 2.05) is 93.6 Å². The summed E-state index contributed by atoms with van der Waals surface area (Å²) in [6, 6.07) is 23.9. The third-order valence-electron chi connectivity index (χ3n) is 5.00. The third kappa shape index (κ3) is 5.36. The van der Waals surface area contributed by atoms with E-state index in [1.54, 1.807) is 0 Å². The zero-order valence-corrected chi connectivity index (χ0v) is 19.8. The summed E-state index contributed by atoms with van der Waals surface area (Å²) in [6.07, 6.45) is 0. The van der Waals surface area contributed by atoms with E-state index < -0.39 is 5.25 Å². The summed E-state index contributed by atoms with van der Waals surface area (Å²) in [5.41, 5.74) is 6.01. The molecule has 1 aromatic heterocycles. The van der Waals surface area contributed by atoms with Crippen LogP contribution in [0.4, 0.5) is 16.5 Å². The highest BCUT2D eigenvalue weighted by Crippen LogP contribution is 2.39. The molecule has 0 saturated heterocycles. The normalized spacial score (nSPS) is 11.7. The van der Waals surface area contributed by atoms with Crippen LogP contribution < -0.4 is 10.6 Å². The number of anilines is 3. The lowest BCUT2D eigenvalue weighted by molar-refractivity contribution is -0.115. The first-order chi connectivity index (χ1) is 15.5. The SMILES string of the molecule is Cc1ccc(C)c(NC(=O)[C@H](Sc2nnc(Nc3ccccc3C)s2)c2ccccc2)c1. The van der Waals surface area contributed by atoms with Crippen LogP contribution in [-0.2, 0) is 4.79 Å². The quantitative estimate of drug-likeness (QED) is 0.301. The Morgan fingerprint density at radius 1 is 0.875 bits per heavy atom. The molecule has 0 spiro atoms. The third-order valence-corrected chi connectivity index (χ3v) is 7.18. The van der Waals surface area contributed by atoms with Crippen molar-refractivity contribution in [2.75, 3.05) is 10.6 Å². The van der Waals surface area contributed by atoms with Gasteiger partial charge in [0, 0.05) is 11.4 Å². The number of aryl methyl sites for hydroxylation is 3. The number of carbonyl (C=O) groups is 1. The maximum atomic E-state index is 13.3. The molecule has 0 saturated carbocycles. The molecule has 0 bridgehead atoms. The maximum Gasteiger partial charge on any atom is 0.242 e. The predicted molar refractivity (Wildman–Crippen MR) is 134 cm³/mol. The van der Waals surface area contributed by atoms with Crippen molar-refractivity contribution in [2.24, 2.45) is 0 Å². The van der Waals surface area contributed by atoms with Crippen molar-refractivity contribution in [1.82, 2.24) is 10.2 Å². The molecule has 0 aliphatic rings. The average molecular weight is 461 g/mol. The van der Waals surface area contributed by atoms with Gasteiger partial charge in [-0.1, -0.05) is 83.8 Å². The Morgan fingerprint density at radius 3 is 2.38 bits per heavy atom. The van der Waals surface area contributed by atoms with E-state index in [0.29, 0.717) is 5.13 Å². The Balaban J connectivity index is 1.55. The van der Waals surface area contributed by atoms with E-state index in [9.17, 15) is 4.79 Å². The van der Waals surface area contributed by atoms with E-state index in [2.05, 4.69) is 20.8 Å². The minimum absolute atomic E-state index is 0.0847.